The number of esters is 1. The van der Waals surface area contributed by atoms with Crippen LogP contribution in [0.4, 0.5) is 4.39 Å². The summed E-state index contributed by atoms with van der Waals surface area (Å²) in [5.74, 6) is 2.20. The van der Waals surface area contributed by atoms with E-state index in [1.165, 1.54) is 0 Å². The van der Waals surface area contributed by atoms with E-state index in [0.717, 1.165) is 12.1 Å². The van der Waals surface area contributed by atoms with Crippen LogP contribution in [0.25, 0.3) is 0 Å². The molecule has 0 aromatic heterocycles. The molecule has 0 bridgehead atoms. The second kappa shape index (κ2) is 6.76. The topological polar surface area (TPSA) is 63.6 Å². The molecule has 4 nitrogen and oxygen atoms in total. The lowest BCUT2D eigenvalue weighted by Gasteiger charge is -2.01. The molecule has 6 heteroatoms. The second-order valence-electron chi connectivity index (χ2n) is 3.40. The van der Waals surface area contributed by atoms with Gasteiger partial charge in [0.2, 0.25) is 0 Å². The smallest absolute Gasteiger partial charge is 0.337 e. The fraction of sp³-hybridized carbons (Fsp3) is 0.231. The minimum Gasteiger partial charge on any atom is -0.478 e. The Morgan fingerprint density at radius 2 is 2.16 bits per heavy atom. The van der Waals surface area contributed by atoms with Gasteiger partial charge in [-0.3, -0.25) is 4.79 Å². The number of carbonyl (C=O) groups is 2. The highest BCUT2D eigenvalue weighted by atomic mass is 35.5. The largest absolute Gasteiger partial charge is 0.478 e. The van der Waals surface area contributed by atoms with Gasteiger partial charge in [0, 0.05) is 0 Å². The number of carboxylic acid groups (broad SMARTS) is 1. The van der Waals surface area contributed by atoms with Gasteiger partial charge in [0.1, 0.15) is 12.2 Å². The summed E-state index contributed by atoms with van der Waals surface area (Å²) >= 11 is 5.68. The number of hydrogen-bond donors (Lipinski definition) is 1. The van der Waals surface area contributed by atoms with Crippen molar-refractivity contribution >= 4 is 23.5 Å². The Morgan fingerprint density at radius 3 is 2.74 bits per heavy atom. The fourth-order valence-corrected chi connectivity index (χ4v) is 1.47. The Balaban J connectivity index is 2.92. The Bertz CT molecular complexity index is 572. The summed E-state index contributed by atoms with van der Waals surface area (Å²) in [4.78, 5) is 21.7. The predicted octanol–water partition coefficient (Wildman–Crippen LogP) is 2.48. The number of halogens is 2. The number of benzene rings is 1. The lowest BCUT2D eigenvalue weighted by molar-refractivity contribution is -0.141. The first-order valence-electron chi connectivity index (χ1n) is 5.32. The summed E-state index contributed by atoms with van der Waals surface area (Å²) in [6.45, 7) is 1.91. The Hall–Kier alpha value is -2.06. The first-order chi connectivity index (χ1) is 8.95. The van der Waals surface area contributed by atoms with Crippen molar-refractivity contribution in [1.82, 2.24) is 0 Å². The van der Waals surface area contributed by atoms with E-state index >= 15 is 0 Å². The minimum atomic E-state index is -1.32. The number of rotatable bonds is 3. The molecule has 0 amide bonds. The highest BCUT2D eigenvalue weighted by Gasteiger charge is 2.12. The summed E-state index contributed by atoms with van der Waals surface area (Å²) < 4.78 is 18.2. The molecule has 1 N–H and O–H groups in total. The van der Waals surface area contributed by atoms with Crippen LogP contribution in [0.3, 0.4) is 0 Å². The molecule has 1 aromatic carbocycles. The molecule has 1 aromatic rings. The van der Waals surface area contributed by atoms with E-state index in [0.29, 0.717) is 0 Å². The number of carboxylic acids is 1. The van der Waals surface area contributed by atoms with E-state index in [1.54, 1.807) is 6.92 Å². The van der Waals surface area contributed by atoms with Crippen molar-refractivity contribution in [3.63, 3.8) is 0 Å². The van der Waals surface area contributed by atoms with E-state index in [4.69, 9.17) is 16.7 Å². The molecular weight excluding hydrogens is 275 g/mol. The van der Waals surface area contributed by atoms with Crippen molar-refractivity contribution in [3.8, 4) is 11.8 Å². The number of aromatic carboxylic acids is 1. The molecule has 0 aliphatic carbocycles. The molecule has 0 fully saturated rings. The van der Waals surface area contributed by atoms with Crippen LogP contribution in [0.15, 0.2) is 12.1 Å². The third kappa shape index (κ3) is 4.27. The van der Waals surface area contributed by atoms with Gasteiger partial charge in [-0.1, -0.05) is 23.4 Å². The summed E-state index contributed by atoms with van der Waals surface area (Å²) in [7, 11) is 0. The molecule has 19 heavy (non-hydrogen) atoms. The normalized spacial score (nSPS) is 9.42. The molecule has 0 radical (unpaired) electrons. The van der Waals surface area contributed by atoms with Gasteiger partial charge >= 0.3 is 11.9 Å². The second-order valence-corrected chi connectivity index (χ2v) is 3.81. The van der Waals surface area contributed by atoms with E-state index in [2.05, 4.69) is 16.6 Å². The van der Waals surface area contributed by atoms with Gasteiger partial charge in [-0.05, 0) is 19.1 Å². The molecule has 0 saturated heterocycles. The Morgan fingerprint density at radius 1 is 1.47 bits per heavy atom. The molecule has 0 atom stereocenters. The first-order valence-corrected chi connectivity index (χ1v) is 5.70. The molecule has 100 valence electrons. The van der Waals surface area contributed by atoms with Crippen molar-refractivity contribution in [1.29, 1.82) is 0 Å². The Kier molecular flexibility index (Phi) is 5.34. The van der Waals surface area contributed by atoms with E-state index in [1.807, 2.05) is 0 Å². The first kappa shape index (κ1) is 15.0. The van der Waals surface area contributed by atoms with Crippen molar-refractivity contribution in [2.45, 2.75) is 13.3 Å². The average molecular weight is 285 g/mol. The van der Waals surface area contributed by atoms with E-state index < -0.39 is 17.8 Å². The average Bonchev–Trinajstić information content (AvgIpc) is 2.33. The third-order valence-corrected chi connectivity index (χ3v) is 2.36. The number of ether oxygens (including phenoxy) is 1. The highest BCUT2D eigenvalue weighted by molar-refractivity contribution is 6.33. The van der Waals surface area contributed by atoms with Crippen LogP contribution in [-0.4, -0.2) is 23.7 Å². The minimum absolute atomic E-state index is 0.0701. The number of carbonyl (C=O) groups excluding carboxylic acids is 1. The van der Waals surface area contributed by atoms with Crippen molar-refractivity contribution < 1.29 is 23.8 Å². The SMILES string of the molecule is CCOC(=O)CC#Cc1cc(Cl)c(C(=O)O)cc1F. The maximum absolute atomic E-state index is 13.5. The summed E-state index contributed by atoms with van der Waals surface area (Å²) in [5, 5.41) is 8.62. The Labute approximate surface area is 114 Å². The molecule has 0 aliphatic rings. The van der Waals surface area contributed by atoms with Gasteiger partial charge < -0.3 is 9.84 Å². The molecule has 1 rings (SSSR count). The summed E-state index contributed by atoms with van der Waals surface area (Å²) in [6.07, 6.45) is -0.175. The zero-order chi connectivity index (χ0) is 14.4. The van der Waals surface area contributed by atoms with Gasteiger partial charge in [-0.2, -0.15) is 0 Å². The van der Waals surface area contributed by atoms with Gasteiger partial charge in [0.25, 0.3) is 0 Å². The zero-order valence-corrected chi connectivity index (χ0v) is 10.8. The molecule has 0 aliphatic heterocycles. The van der Waals surface area contributed by atoms with Gasteiger partial charge in [0.05, 0.1) is 22.8 Å². The van der Waals surface area contributed by atoms with Crippen molar-refractivity contribution in [3.05, 3.63) is 34.1 Å². The molecule has 0 saturated carbocycles. The van der Waals surface area contributed by atoms with Crippen molar-refractivity contribution in [2.75, 3.05) is 6.61 Å². The molecule has 0 unspecified atom stereocenters. The molecular formula is C13H10ClFO4. The zero-order valence-electron chi connectivity index (χ0n) is 10.00. The number of hydrogen-bond acceptors (Lipinski definition) is 3. The van der Waals surface area contributed by atoms with Crippen LogP contribution >= 0.6 is 11.6 Å². The van der Waals surface area contributed by atoms with E-state index in [-0.39, 0.29) is 29.2 Å². The molecule has 0 heterocycles. The lowest BCUT2D eigenvalue weighted by Crippen LogP contribution is -2.02. The van der Waals surface area contributed by atoms with Crippen molar-refractivity contribution in [2.24, 2.45) is 0 Å². The van der Waals surface area contributed by atoms with Crippen LogP contribution in [0.2, 0.25) is 5.02 Å². The quantitative estimate of drug-likeness (QED) is 0.684. The van der Waals surface area contributed by atoms with Crippen LogP contribution in [0.5, 0.6) is 0 Å². The van der Waals surface area contributed by atoms with Crippen LogP contribution in [0, 0.1) is 17.7 Å². The third-order valence-electron chi connectivity index (χ3n) is 2.05. The van der Waals surface area contributed by atoms with Crippen LogP contribution in [0.1, 0.15) is 29.3 Å². The maximum atomic E-state index is 13.5. The monoisotopic (exact) mass is 284 g/mol. The van der Waals surface area contributed by atoms with Gasteiger partial charge in [0.15, 0.2) is 0 Å². The predicted molar refractivity (Wildman–Crippen MR) is 66.5 cm³/mol. The maximum Gasteiger partial charge on any atom is 0.337 e. The van der Waals surface area contributed by atoms with Gasteiger partial charge in [-0.25, -0.2) is 9.18 Å². The lowest BCUT2D eigenvalue weighted by atomic mass is 10.1. The van der Waals surface area contributed by atoms with Gasteiger partial charge in [-0.15, -0.1) is 0 Å². The fourth-order valence-electron chi connectivity index (χ4n) is 1.23. The molecule has 0 spiro atoms. The standard InChI is InChI=1S/C13H10ClFO4/c1-2-19-12(16)5-3-4-8-6-10(14)9(13(17)18)7-11(8)15/h6-7H,2,5H2,1H3,(H,17,18). The van der Waals surface area contributed by atoms with Crippen LogP contribution in [-0.2, 0) is 9.53 Å². The van der Waals surface area contributed by atoms with Crippen LogP contribution < -0.4 is 0 Å². The summed E-state index contributed by atoms with van der Waals surface area (Å²) in [6, 6.07) is 1.90. The highest BCUT2D eigenvalue weighted by Crippen LogP contribution is 2.20. The summed E-state index contributed by atoms with van der Waals surface area (Å²) in [5.41, 5.74) is -0.408. The van der Waals surface area contributed by atoms with E-state index in [9.17, 15) is 14.0 Å².